The normalized spacial score (nSPS) is 10.7. The quantitative estimate of drug-likeness (QED) is 0.634. The second kappa shape index (κ2) is 8.59. The van der Waals surface area contributed by atoms with Crippen molar-refractivity contribution in [3.63, 3.8) is 0 Å². The summed E-state index contributed by atoms with van der Waals surface area (Å²) in [5.74, 6) is -0.158. The van der Waals surface area contributed by atoms with Crippen molar-refractivity contribution >= 4 is 12.0 Å². The van der Waals surface area contributed by atoms with Crippen LogP contribution in [0.4, 0.5) is 0 Å². The number of nitriles is 1. The molecule has 0 spiro atoms. The van der Waals surface area contributed by atoms with Gasteiger partial charge in [-0.15, -0.1) is 0 Å². The lowest BCUT2D eigenvalue weighted by Crippen LogP contribution is -2.25. The van der Waals surface area contributed by atoms with E-state index in [0.29, 0.717) is 13.0 Å². The molecule has 2 aromatic heterocycles. The van der Waals surface area contributed by atoms with Crippen LogP contribution in [0, 0.1) is 11.3 Å². The van der Waals surface area contributed by atoms with E-state index in [9.17, 15) is 4.79 Å². The summed E-state index contributed by atoms with van der Waals surface area (Å²) in [4.78, 5) is 17.9. The molecule has 134 valence electrons. The van der Waals surface area contributed by atoms with Gasteiger partial charge in [0.05, 0.1) is 18.2 Å². The molecule has 0 N–H and O–H groups in total. The Morgan fingerprint density at radius 1 is 1.26 bits per heavy atom. The second-order valence-corrected chi connectivity index (χ2v) is 5.96. The van der Waals surface area contributed by atoms with Gasteiger partial charge in [0.2, 0.25) is 5.91 Å². The fourth-order valence-electron chi connectivity index (χ4n) is 2.57. The number of pyridine rings is 1. The van der Waals surface area contributed by atoms with Crippen LogP contribution in [0.5, 0.6) is 0 Å². The summed E-state index contributed by atoms with van der Waals surface area (Å²) in [6.45, 7) is 0.401. The fourth-order valence-corrected chi connectivity index (χ4v) is 2.57. The number of likely N-dealkylation sites (N-methyl/N-ethyl adjacent to an activating group) is 1. The number of carbonyl (C=O) groups excluding carboxylic acids is 1. The third kappa shape index (κ3) is 4.47. The van der Waals surface area contributed by atoms with Gasteiger partial charge in [0.25, 0.3) is 0 Å². The minimum absolute atomic E-state index is 0.158. The van der Waals surface area contributed by atoms with Crippen molar-refractivity contribution in [1.82, 2.24) is 19.7 Å². The average molecular weight is 357 g/mol. The van der Waals surface area contributed by atoms with Crippen LogP contribution in [0.15, 0.2) is 67.1 Å². The second-order valence-electron chi connectivity index (χ2n) is 5.96. The number of rotatable bonds is 6. The highest BCUT2D eigenvalue weighted by Crippen LogP contribution is 2.24. The molecule has 0 aliphatic carbocycles. The molecule has 3 rings (SSSR count). The lowest BCUT2D eigenvalue weighted by molar-refractivity contribution is -0.124. The van der Waals surface area contributed by atoms with Gasteiger partial charge in [-0.3, -0.25) is 9.78 Å². The Hall–Kier alpha value is -3.72. The van der Waals surface area contributed by atoms with Crippen LogP contribution in [-0.2, 0) is 4.79 Å². The largest absolute Gasteiger partial charge is 0.341 e. The topological polar surface area (TPSA) is 74.8 Å². The zero-order chi connectivity index (χ0) is 19.1. The smallest absolute Gasteiger partial charge is 0.246 e. The Kier molecular flexibility index (Phi) is 5.75. The van der Waals surface area contributed by atoms with Crippen LogP contribution in [0.3, 0.4) is 0 Å². The molecule has 2 heterocycles. The van der Waals surface area contributed by atoms with Gasteiger partial charge in [-0.2, -0.15) is 10.4 Å². The number of amides is 1. The van der Waals surface area contributed by atoms with E-state index in [0.717, 1.165) is 22.5 Å². The van der Waals surface area contributed by atoms with Gasteiger partial charge in [0.1, 0.15) is 5.69 Å². The van der Waals surface area contributed by atoms with Gasteiger partial charge in [0.15, 0.2) is 0 Å². The molecular weight excluding hydrogens is 338 g/mol. The first-order valence-corrected chi connectivity index (χ1v) is 8.54. The van der Waals surface area contributed by atoms with E-state index in [4.69, 9.17) is 5.26 Å². The highest BCUT2D eigenvalue weighted by Gasteiger charge is 2.11. The van der Waals surface area contributed by atoms with Crippen molar-refractivity contribution in [2.45, 2.75) is 6.42 Å². The Balaban J connectivity index is 1.93. The lowest BCUT2D eigenvalue weighted by atomic mass is 10.1. The van der Waals surface area contributed by atoms with E-state index in [1.165, 1.54) is 11.0 Å². The first-order valence-electron chi connectivity index (χ1n) is 8.54. The number of para-hydroxylation sites is 1. The zero-order valence-electron chi connectivity index (χ0n) is 15.0. The maximum atomic E-state index is 12.2. The van der Waals surface area contributed by atoms with Crippen molar-refractivity contribution in [1.29, 1.82) is 5.26 Å². The number of benzene rings is 1. The molecule has 1 amide bonds. The van der Waals surface area contributed by atoms with Gasteiger partial charge in [-0.05, 0) is 30.3 Å². The predicted octanol–water partition coefficient (Wildman–Crippen LogP) is 3.32. The van der Waals surface area contributed by atoms with Gasteiger partial charge in [-0.25, -0.2) is 4.68 Å². The number of aromatic nitrogens is 3. The first-order chi connectivity index (χ1) is 13.2. The lowest BCUT2D eigenvalue weighted by Gasteiger charge is -2.12. The highest BCUT2D eigenvalue weighted by molar-refractivity contribution is 5.92. The third-order valence-corrected chi connectivity index (χ3v) is 4.04. The fraction of sp³-hybridized carbons (Fsp3) is 0.143. The molecule has 6 heteroatoms. The van der Waals surface area contributed by atoms with E-state index < -0.39 is 0 Å². The number of hydrogen-bond donors (Lipinski definition) is 0. The molecule has 3 aromatic rings. The molecule has 0 aliphatic rings. The van der Waals surface area contributed by atoms with Crippen molar-refractivity contribution in [3.05, 3.63) is 72.7 Å². The summed E-state index contributed by atoms with van der Waals surface area (Å²) in [6.07, 6.45) is 8.90. The molecule has 0 saturated carbocycles. The summed E-state index contributed by atoms with van der Waals surface area (Å²) in [6, 6.07) is 15.6. The molecule has 0 atom stereocenters. The van der Waals surface area contributed by atoms with Crippen molar-refractivity contribution in [2.75, 3.05) is 13.6 Å². The molecular formula is C21H19N5O. The summed E-state index contributed by atoms with van der Waals surface area (Å²) in [5, 5.41) is 13.3. The van der Waals surface area contributed by atoms with E-state index >= 15 is 0 Å². The Labute approximate surface area is 158 Å². The number of carbonyl (C=O) groups is 1. The molecule has 0 fully saturated rings. The summed E-state index contributed by atoms with van der Waals surface area (Å²) < 4.78 is 1.78. The SMILES string of the molecule is CN(CCC#N)C(=O)/C=C/c1cn(-c2ccccc2)nc1-c1cccnc1. The van der Waals surface area contributed by atoms with Crippen molar-refractivity contribution in [3.8, 4) is 23.0 Å². The zero-order valence-corrected chi connectivity index (χ0v) is 15.0. The Morgan fingerprint density at radius 2 is 2.07 bits per heavy atom. The van der Waals surface area contributed by atoms with Crippen LogP contribution in [0.25, 0.3) is 23.0 Å². The maximum Gasteiger partial charge on any atom is 0.246 e. The van der Waals surface area contributed by atoms with E-state index in [-0.39, 0.29) is 5.91 Å². The first kappa shape index (κ1) is 18.1. The highest BCUT2D eigenvalue weighted by atomic mass is 16.2. The minimum atomic E-state index is -0.158. The summed E-state index contributed by atoms with van der Waals surface area (Å²) in [7, 11) is 1.68. The average Bonchev–Trinajstić information content (AvgIpc) is 3.15. The maximum absolute atomic E-state index is 12.2. The number of nitrogens with zero attached hydrogens (tertiary/aromatic N) is 5. The molecule has 0 saturated heterocycles. The third-order valence-electron chi connectivity index (χ3n) is 4.04. The van der Waals surface area contributed by atoms with Crippen molar-refractivity contribution in [2.24, 2.45) is 0 Å². The molecule has 0 bridgehead atoms. The Morgan fingerprint density at radius 3 is 2.78 bits per heavy atom. The Bertz CT molecular complexity index is 971. The van der Waals surface area contributed by atoms with E-state index in [2.05, 4.69) is 10.1 Å². The molecule has 6 nitrogen and oxygen atoms in total. The van der Waals surface area contributed by atoms with Crippen molar-refractivity contribution < 1.29 is 4.79 Å². The van der Waals surface area contributed by atoms with Crippen LogP contribution < -0.4 is 0 Å². The van der Waals surface area contributed by atoms with Crippen LogP contribution in [0.1, 0.15) is 12.0 Å². The summed E-state index contributed by atoms with van der Waals surface area (Å²) in [5.41, 5.74) is 3.36. The molecule has 0 radical (unpaired) electrons. The van der Waals surface area contributed by atoms with Crippen LogP contribution in [-0.4, -0.2) is 39.2 Å². The van der Waals surface area contributed by atoms with E-state index in [1.807, 2.05) is 54.7 Å². The number of hydrogen-bond acceptors (Lipinski definition) is 4. The van der Waals surface area contributed by atoms with Gasteiger partial charge in [-0.1, -0.05) is 18.2 Å². The minimum Gasteiger partial charge on any atom is -0.341 e. The molecule has 27 heavy (non-hydrogen) atoms. The van der Waals surface area contributed by atoms with Gasteiger partial charge < -0.3 is 4.90 Å². The predicted molar refractivity (Wildman–Crippen MR) is 104 cm³/mol. The molecule has 1 aromatic carbocycles. The van der Waals surface area contributed by atoms with Crippen LogP contribution in [0.2, 0.25) is 0 Å². The van der Waals surface area contributed by atoms with E-state index in [1.54, 1.807) is 30.2 Å². The molecule has 0 unspecified atom stereocenters. The summed E-state index contributed by atoms with van der Waals surface area (Å²) >= 11 is 0. The molecule has 0 aliphatic heterocycles. The van der Waals surface area contributed by atoms with Crippen LogP contribution >= 0.6 is 0 Å². The standard InChI is InChI=1S/C21H19N5O/c1-25(14-6-12-22)20(27)11-10-18-16-26(19-8-3-2-4-9-19)24-21(18)17-7-5-13-23-15-17/h2-5,7-11,13,15-16H,6,14H2,1H3/b11-10+. The monoisotopic (exact) mass is 357 g/mol. The van der Waals surface area contributed by atoms with Gasteiger partial charge >= 0.3 is 0 Å². The van der Waals surface area contributed by atoms with Gasteiger partial charge in [0, 0.05) is 49.4 Å².